The van der Waals surface area contributed by atoms with Gasteiger partial charge in [0.1, 0.15) is 5.83 Å². The minimum Gasteiger partial charge on any atom is -0.395 e. The summed E-state index contributed by atoms with van der Waals surface area (Å²) in [5.74, 6) is -0.233. The summed E-state index contributed by atoms with van der Waals surface area (Å²) in [5, 5.41) is 15.5. The van der Waals surface area contributed by atoms with Gasteiger partial charge in [-0.15, -0.1) is 0 Å². The van der Waals surface area contributed by atoms with E-state index in [1.165, 1.54) is 18.2 Å². The van der Waals surface area contributed by atoms with Crippen molar-refractivity contribution < 1.29 is 27.4 Å². The van der Waals surface area contributed by atoms with Crippen molar-refractivity contribution in [1.29, 1.82) is 0 Å². The quantitative estimate of drug-likeness (QED) is 0.484. The first kappa shape index (κ1) is 21.3. The number of anilines is 1. The first-order chi connectivity index (χ1) is 14.4. The van der Waals surface area contributed by atoms with Crippen LogP contribution in [0.5, 0.6) is 0 Å². The fourth-order valence-electron chi connectivity index (χ4n) is 4.76. The molecule has 0 radical (unpaired) electrons. The summed E-state index contributed by atoms with van der Waals surface area (Å²) in [4.78, 5) is 0. The van der Waals surface area contributed by atoms with Crippen molar-refractivity contribution in [2.75, 3.05) is 25.0 Å². The third-order valence-electron chi connectivity index (χ3n) is 6.23. The molecule has 30 heavy (non-hydrogen) atoms. The van der Waals surface area contributed by atoms with E-state index in [1.54, 1.807) is 6.08 Å². The number of hydrogen-bond acceptors (Lipinski definition) is 4. The predicted octanol–water partition coefficient (Wildman–Crippen LogP) is 4.35. The molecule has 1 aromatic carbocycles. The zero-order valence-corrected chi connectivity index (χ0v) is 16.5. The molecule has 3 N–H and O–H groups in total. The first-order valence-corrected chi connectivity index (χ1v) is 10.4. The molecule has 3 aliphatic rings. The van der Waals surface area contributed by atoms with Gasteiger partial charge in [-0.05, 0) is 49.6 Å². The molecule has 5 atom stereocenters. The second-order valence-electron chi connectivity index (χ2n) is 8.17. The van der Waals surface area contributed by atoms with E-state index < -0.39 is 17.8 Å². The molecule has 8 heteroatoms. The molecule has 0 saturated carbocycles. The van der Waals surface area contributed by atoms with Gasteiger partial charge in [0.25, 0.3) is 0 Å². The molecule has 164 valence electrons. The van der Waals surface area contributed by atoms with E-state index in [-0.39, 0.29) is 36.4 Å². The van der Waals surface area contributed by atoms with Gasteiger partial charge in [-0.3, -0.25) is 0 Å². The normalized spacial score (nSPS) is 30.8. The molecule has 0 amide bonds. The van der Waals surface area contributed by atoms with Gasteiger partial charge in [-0.25, -0.2) is 4.39 Å². The molecule has 1 aromatic rings. The Balaban J connectivity index is 1.63. The van der Waals surface area contributed by atoms with E-state index >= 15 is 0 Å². The summed E-state index contributed by atoms with van der Waals surface area (Å²) in [6, 6.07) is 3.70. The third kappa shape index (κ3) is 4.40. The third-order valence-corrected chi connectivity index (χ3v) is 6.23. The molecule has 0 bridgehead atoms. The molecule has 0 spiro atoms. The lowest BCUT2D eigenvalue weighted by Crippen LogP contribution is -2.48. The molecule has 1 unspecified atom stereocenters. The number of aliphatic hydroxyl groups is 1. The Labute approximate surface area is 173 Å². The molecule has 2 heterocycles. The van der Waals surface area contributed by atoms with Crippen LogP contribution >= 0.6 is 0 Å². The highest BCUT2D eigenvalue weighted by atomic mass is 19.4. The van der Waals surface area contributed by atoms with Crippen molar-refractivity contribution in [3.05, 3.63) is 53.4 Å². The lowest BCUT2D eigenvalue weighted by atomic mass is 9.73. The summed E-state index contributed by atoms with van der Waals surface area (Å²) in [6.07, 6.45) is 1.92. The van der Waals surface area contributed by atoms with Crippen LogP contribution in [-0.4, -0.2) is 36.9 Å². The van der Waals surface area contributed by atoms with Crippen LogP contribution in [0.1, 0.15) is 36.5 Å². The Morgan fingerprint density at radius 3 is 2.77 bits per heavy atom. The summed E-state index contributed by atoms with van der Waals surface area (Å²) in [6.45, 7) is 0.992. The van der Waals surface area contributed by atoms with E-state index in [2.05, 4.69) is 10.6 Å². The fourth-order valence-corrected chi connectivity index (χ4v) is 4.76. The zero-order valence-electron chi connectivity index (χ0n) is 16.5. The Morgan fingerprint density at radius 1 is 1.23 bits per heavy atom. The number of benzene rings is 1. The molecule has 4 nitrogen and oxygen atoms in total. The van der Waals surface area contributed by atoms with Crippen LogP contribution in [0.15, 0.2) is 42.3 Å². The molecular formula is C22H26F4N2O2. The monoisotopic (exact) mass is 426 g/mol. The summed E-state index contributed by atoms with van der Waals surface area (Å²) in [7, 11) is 0. The van der Waals surface area contributed by atoms with Crippen molar-refractivity contribution in [1.82, 2.24) is 5.32 Å². The highest BCUT2D eigenvalue weighted by Crippen LogP contribution is 2.49. The molecule has 1 fully saturated rings. The maximum Gasteiger partial charge on any atom is 0.416 e. The highest BCUT2D eigenvalue weighted by molar-refractivity contribution is 5.58. The van der Waals surface area contributed by atoms with Crippen molar-refractivity contribution in [2.45, 2.75) is 43.7 Å². The van der Waals surface area contributed by atoms with Crippen LogP contribution in [0.4, 0.5) is 23.2 Å². The highest BCUT2D eigenvalue weighted by Gasteiger charge is 2.45. The smallest absolute Gasteiger partial charge is 0.395 e. The average Bonchev–Trinajstić information content (AvgIpc) is 2.73. The van der Waals surface area contributed by atoms with Gasteiger partial charge in [0.05, 0.1) is 24.4 Å². The molecule has 1 aliphatic carbocycles. The van der Waals surface area contributed by atoms with Gasteiger partial charge in [0.2, 0.25) is 0 Å². The Morgan fingerprint density at radius 2 is 2.07 bits per heavy atom. The minimum absolute atomic E-state index is 0.0145. The van der Waals surface area contributed by atoms with E-state index in [1.807, 2.05) is 6.08 Å². The van der Waals surface area contributed by atoms with Crippen LogP contribution < -0.4 is 10.6 Å². The van der Waals surface area contributed by atoms with E-state index in [0.717, 1.165) is 18.9 Å². The van der Waals surface area contributed by atoms with Crippen molar-refractivity contribution in [3.63, 3.8) is 0 Å². The van der Waals surface area contributed by atoms with Gasteiger partial charge in [0.15, 0.2) is 0 Å². The van der Waals surface area contributed by atoms with Gasteiger partial charge in [-0.2, -0.15) is 13.2 Å². The number of fused-ring (bicyclic) bond motifs is 3. The number of hydrogen-bond donors (Lipinski definition) is 3. The number of halogens is 4. The van der Waals surface area contributed by atoms with Gasteiger partial charge in [0, 0.05) is 42.2 Å². The number of aliphatic hydroxyl groups excluding tert-OH is 1. The van der Waals surface area contributed by atoms with Crippen molar-refractivity contribution >= 4 is 5.69 Å². The maximum atomic E-state index is 13.4. The van der Waals surface area contributed by atoms with Crippen molar-refractivity contribution in [2.24, 2.45) is 11.8 Å². The number of ether oxygens (including phenoxy) is 1. The van der Waals surface area contributed by atoms with Gasteiger partial charge < -0.3 is 20.5 Å². The molecular weight excluding hydrogens is 400 g/mol. The fraction of sp³-hybridized carbons (Fsp3) is 0.545. The molecule has 4 rings (SSSR count). The second kappa shape index (κ2) is 8.69. The summed E-state index contributed by atoms with van der Waals surface area (Å²) in [5.41, 5.74) is 0.480. The van der Waals surface area contributed by atoms with Gasteiger partial charge in [-0.1, -0.05) is 6.08 Å². The second-order valence-corrected chi connectivity index (χ2v) is 8.17. The number of nitrogens with one attached hydrogen (secondary N) is 2. The SMILES string of the molecule is OCCNC[C@H]1CC[C@@H]2[C@H](O1)c1cc(C(F)(F)F)ccc1N[C@H]2C1C=CC(F)=CC1. The average molecular weight is 426 g/mol. The maximum absolute atomic E-state index is 13.4. The van der Waals surface area contributed by atoms with Crippen LogP contribution in [0.25, 0.3) is 0 Å². The van der Waals surface area contributed by atoms with E-state index in [9.17, 15) is 17.6 Å². The van der Waals surface area contributed by atoms with Gasteiger partial charge >= 0.3 is 6.18 Å². The lowest BCUT2D eigenvalue weighted by molar-refractivity contribution is -0.138. The Bertz CT molecular complexity index is 824. The number of rotatable bonds is 5. The van der Waals surface area contributed by atoms with Crippen LogP contribution in [0.3, 0.4) is 0 Å². The van der Waals surface area contributed by atoms with Crippen molar-refractivity contribution in [3.8, 4) is 0 Å². The zero-order chi connectivity index (χ0) is 21.3. The Kier molecular flexibility index (Phi) is 6.18. The predicted molar refractivity (Wildman–Crippen MR) is 106 cm³/mol. The number of alkyl halides is 3. The van der Waals surface area contributed by atoms with Crippen LogP contribution in [0.2, 0.25) is 0 Å². The Hall–Kier alpha value is -1.90. The summed E-state index contributed by atoms with van der Waals surface area (Å²) >= 11 is 0. The standard InChI is InChI=1S/C22H26F4N2O2/c23-15-4-1-13(2-5-15)20-17-7-6-16(12-27-9-10-29)30-21(17)18-11-14(22(24,25)26)3-8-19(18)28-20/h1,3-5,8,11,13,16-17,20-21,27-29H,2,6-7,9-10,12H2/t13?,16-,17+,20+,21+/m1/s1. The molecule has 0 aromatic heterocycles. The number of allylic oxidation sites excluding steroid dienone is 3. The largest absolute Gasteiger partial charge is 0.416 e. The lowest BCUT2D eigenvalue weighted by Gasteiger charge is -2.47. The van der Waals surface area contributed by atoms with E-state index in [0.29, 0.717) is 30.8 Å². The summed E-state index contributed by atoms with van der Waals surface area (Å²) < 4.78 is 59.7. The first-order valence-electron chi connectivity index (χ1n) is 10.4. The topological polar surface area (TPSA) is 53.5 Å². The molecule has 1 saturated heterocycles. The molecule has 2 aliphatic heterocycles. The van der Waals surface area contributed by atoms with Crippen LogP contribution in [0, 0.1) is 11.8 Å². The minimum atomic E-state index is -4.42. The van der Waals surface area contributed by atoms with E-state index in [4.69, 9.17) is 9.84 Å². The van der Waals surface area contributed by atoms with Crippen LogP contribution in [-0.2, 0) is 10.9 Å².